The Morgan fingerprint density at radius 2 is 1.25 bits per heavy atom. The summed E-state index contributed by atoms with van der Waals surface area (Å²) in [6.07, 6.45) is 1.82. The van der Waals surface area contributed by atoms with Gasteiger partial charge in [0.05, 0.1) is 5.92 Å². The van der Waals surface area contributed by atoms with Gasteiger partial charge in [-0.3, -0.25) is 0 Å². The van der Waals surface area contributed by atoms with Gasteiger partial charge in [0.25, 0.3) is 0 Å². The van der Waals surface area contributed by atoms with Crippen LogP contribution in [0.25, 0.3) is 5.76 Å². The molecule has 1 aliphatic rings. The Balaban J connectivity index is 1.98. The first kappa shape index (κ1) is 21.0. The minimum atomic E-state index is -1.90. The van der Waals surface area contributed by atoms with Crippen LogP contribution in [0.2, 0.25) is 39.3 Å². The van der Waals surface area contributed by atoms with Crippen LogP contribution in [-0.2, 0) is 13.8 Å². The number of rotatable bonds is 7. The summed E-state index contributed by atoms with van der Waals surface area (Å²) in [5.74, 6) is 0.881. The van der Waals surface area contributed by atoms with Crippen LogP contribution in [-0.4, -0.2) is 28.1 Å². The average Bonchev–Trinajstić information content (AvgIpc) is 3.06. The van der Waals surface area contributed by atoms with Crippen molar-refractivity contribution < 1.29 is 13.8 Å². The highest BCUT2D eigenvalue weighted by Crippen LogP contribution is 2.39. The molecule has 0 unspecified atom stereocenters. The van der Waals surface area contributed by atoms with E-state index in [1.165, 1.54) is 5.56 Å². The van der Waals surface area contributed by atoms with Crippen molar-refractivity contribution in [3.63, 3.8) is 0 Å². The molecule has 0 saturated heterocycles. The highest BCUT2D eigenvalue weighted by Gasteiger charge is 2.41. The van der Waals surface area contributed by atoms with Gasteiger partial charge in [-0.15, -0.1) is 0 Å². The van der Waals surface area contributed by atoms with Crippen LogP contribution >= 0.6 is 0 Å². The van der Waals surface area contributed by atoms with E-state index in [9.17, 15) is 0 Å². The standard InChI is InChI=1S/C22H31NO3Si2/c1-27(2,3)25-23(26-28(4,5)6)22-20(18-13-9-7-10-14-18)17-21(24-22)19-15-11-8-12-16-19/h7-17,20,22H,1-6H3/t20-,22+/m1/s1. The van der Waals surface area contributed by atoms with Crippen LogP contribution in [0.15, 0.2) is 66.7 Å². The highest BCUT2D eigenvalue weighted by atomic mass is 28.4. The number of benzene rings is 2. The molecule has 0 bridgehead atoms. The smallest absolute Gasteiger partial charge is 0.215 e. The second-order valence-corrected chi connectivity index (χ2v) is 17.8. The molecular formula is C22H31NO3Si2. The third-order valence-electron chi connectivity index (χ3n) is 4.06. The quantitative estimate of drug-likeness (QED) is 0.411. The van der Waals surface area contributed by atoms with E-state index in [0.717, 1.165) is 11.3 Å². The van der Waals surface area contributed by atoms with Gasteiger partial charge in [0.15, 0.2) is 0 Å². The first-order chi connectivity index (χ1) is 13.1. The fourth-order valence-electron chi connectivity index (χ4n) is 3.03. The molecule has 0 radical (unpaired) electrons. The molecule has 0 fully saturated rings. The molecule has 0 aromatic heterocycles. The summed E-state index contributed by atoms with van der Waals surface area (Å²) in [5, 5.41) is 1.67. The lowest BCUT2D eigenvalue weighted by Gasteiger charge is -2.38. The Hall–Kier alpha value is -1.71. The second-order valence-electron chi connectivity index (χ2n) is 9.03. The lowest BCUT2D eigenvalue weighted by Crippen LogP contribution is -2.50. The fraction of sp³-hybridized carbons (Fsp3) is 0.364. The van der Waals surface area contributed by atoms with Gasteiger partial charge >= 0.3 is 0 Å². The highest BCUT2D eigenvalue weighted by molar-refractivity contribution is 6.70. The second kappa shape index (κ2) is 8.35. The molecule has 0 amide bonds. The maximum absolute atomic E-state index is 6.45. The average molecular weight is 414 g/mol. The molecule has 0 spiro atoms. The Bertz CT molecular complexity index is 782. The van der Waals surface area contributed by atoms with Crippen molar-refractivity contribution in [3.8, 4) is 0 Å². The number of hydrogen-bond donors (Lipinski definition) is 0. The third-order valence-corrected chi connectivity index (χ3v) is 5.52. The van der Waals surface area contributed by atoms with Crippen molar-refractivity contribution in [1.29, 1.82) is 0 Å². The molecule has 28 heavy (non-hydrogen) atoms. The van der Waals surface area contributed by atoms with Crippen LogP contribution in [0, 0.1) is 0 Å². The van der Waals surface area contributed by atoms with E-state index in [-0.39, 0.29) is 12.1 Å². The summed E-state index contributed by atoms with van der Waals surface area (Å²) < 4.78 is 19.2. The lowest BCUT2D eigenvalue weighted by atomic mass is 9.97. The van der Waals surface area contributed by atoms with Crippen LogP contribution in [0.5, 0.6) is 0 Å². The maximum atomic E-state index is 6.45. The van der Waals surface area contributed by atoms with Gasteiger partial charge in [0.1, 0.15) is 5.76 Å². The summed E-state index contributed by atoms with van der Waals surface area (Å²) in [4.78, 5) is 0. The van der Waals surface area contributed by atoms with Crippen molar-refractivity contribution in [2.24, 2.45) is 0 Å². The predicted molar refractivity (Wildman–Crippen MR) is 119 cm³/mol. The molecule has 1 aliphatic heterocycles. The fourth-order valence-corrected chi connectivity index (χ4v) is 4.46. The van der Waals surface area contributed by atoms with Crippen LogP contribution in [0.4, 0.5) is 0 Å². The Kier molecular flexibility index (Phi) is 6.26. The molecule has 2 aromatic rings. The number of hydroxylamine groups is 2. The lowest BCUT2D eigenvalue weighted by molar-refractivity contribution is -0.336. The molecule has 6 heteroatoms. The summed E-state index contributed by atoms with van der Waals surface area (Å²) in [7, 11) is -3.80. The van der Waals surface area contributed by atoms with Gasteiger partial charge in [-0.2, -0.15) is 0 Å². The zero-order chi connectivity index (χ0) is 20.4. The number of nitrogens with zero attached hydrogens (tertiary/aromatic N) is 1. The summed E-state index contributed by atoms with van der Waals surface area (Å²) in [6, 6.07) is 20.6. The normalized spacial score (nSPS) is 20.2. The first-order valence-electron chi connectivity index (χ1n) is 9.79. The van der Waals surface area contributed by atoms with E-state index in [4.69, 9.17) is 13.8 Å². The zero-order valence-electron chi connectivity index (χ0n) is 17.7. The van der Waals surface area contributed by atoms with Gasteiger partial charge in [-0.05, 0) is 56.1 Å². The van der Waals surface area contributed by atoms with E-state index >= 15 is 0 Å². The first-order valence-corrected chi connectivity index (χ1v) is 16.6. The van der Waals surface area contributed by atoms with Gasteiger partial charge in [-0.25, -0.2) is 0 Å². The largest absolute Gasteiger partial charge is 0.469 e. The van der Waals surface area contributed by atoms with Gasteiger partial charge in [0, 0.05) is 5.56 Å². The summed E-state index contributed by atoms with van der Waals surface area (Å²) in [6.45, 7) is 12.9. The van der Waals surface area contributed by atoms with Gasteiger partial charge in [0.2, 0.25) is 22.9 Å². The van der Waals surface area contributed by atoms with Crippen molar-refractivity contribution in [2.75, 3.05) is 0 Å². The van der Waals surface area contributed by atoms with Crippen LogP contribution < -0.4 is 0 Å². The molecule has 2 aromatic carbocycles. The number of ether oxygens (including phenoxy) is 1. The number of hydrogen-bond acceptors (Lipinski definition) is 4. The van der Waals surface area contributed by atoms with Crippen LogP contribution in [0.1, 0.15) is 17.0 Å². The van der Waals surface area contributed by atoms with Crippen molar-refractivity contribution in [3.05, 3.63) is 77.9 Å². The van der Waals surface area contributed by atoms with Crippen molar-refractivity contribution in [2.45, 2.75) is 51.4 Å². The Morgan fingerprint density at radius 1 is 0.750 bits per heavy atom. The predicted octanol–water partition coefficient (Wildman–Crippen LogP) is 6.00. The van der Waals surface area contributed by atoms with E-state index < -0.39 is 16.6 Å². The molecular weight excluding hydrogens is 382 g/mol. The minimum Gasteiger partial charge on any atom is -0.469 e. The third kappa shape index (κ3) is 5.65. The van der Waals surface area contributed by atoms with E-state index in [1.54, 1.807) is 5.23 Å². The Morgan fingerprint density at radius 3 is 1.75 bits per heavy atom. The molecule has 150 valence electrons. The van der Waals surface area contributed by atoms with Gasteiger partial charge < -0.3 is 13.8 Å². The van der Waals surface area contributed by atoms with Crippen molar-refractivity contribution in [1.82, 2.24) is 5.23 Å². The van der Waals surface area contributed by atoms with E-state index in [1.807, 2.05) is 24.3 Å². The van der Waals surface area contributed by atoms with E-state index in [0.29, 0.717) is 0 Å². The zero-order valence-corrected chi connectivity index (χ0v) is 19.7. The van der Waals surface area contributed by atoms with E-state index in [2.05, 4.69) is 81.8 Å². The summed E-state index contributed by atoms with van der Waals surface area (Å²) in [5.41, 5.74) is 2.24. The molecule has 2 atom stereocenters. The maximum Gasteiger partial charge on any atom is 0.215 e. The minimum absolute atomic E-state index is 0.0177. The summed E-state index contributed by atoms with van der Waals surface area (Å²) >= 11 is 0. The topological polar surface area (TPSA) is 30.9 Å². The SMILES string of the molecule is C[Si](C)(C)ON(O[Si](C)(C)C)[C@H]1OC(c2ccccc2)=C[C@@H]1c1ccccc1. The van der Waals surface area contributed by atoms with Crippen LogP contribution in [0.3, 0.4) is 0 Å². The van der Waals surface area contributed by atoms with Gasteiger partial charge in [-0.1, -0.05) is 60.7 Å². The molecule has 3 rings (SSSR count). The molecule has 0 N–H and O–H groups in total. The monoisotopic (exact) mass is 413 g/mol. The Labute approximate surface area is 170 Å². The molecule has 1 heterocycles. The molecule has 0 saturated carbocycles. The molecule has 4 nitrogen and oxygen atoms in total. The van der Waals surface area contributed by atoms with Crippen molar-refractivity contribution >= 4 is 22.4 Å². The molecule has 0 aliphatic carbocycles.